The molecule has 0 bridgehead atoms. The van der Waals surface area contributed by atoms with Crippen LogP contribution in [-0.4, -0.2) is 24.1 Å². The zero-order valence-corrected chi connectivity index (χ0v) is 13.1. The molecule has 0 fully saturated rings. The maximum absolute atomic E-state index is 5.22. The van der Waals surface area contributed by atoms with Crippen molar-refractivity contribution in [3.8, 4) is 5.75 Å². The highest BCUT2D eigenvalue weighted by atomic mass is 16.5. The van der Waals surface area contributed by atoms with Crippen molar-refractivity contribution < 1.29 is 4.74 Å². The van der Waals surface area contributed by atoms with E-state index in [9.17, 15) is 0 Å². The highest BCUT2D eigenvalue weighted by molar-refractivity contribution is 5.61. The van der Waals surface area contributed by atoms with Crippen molar-refractivity contribution in [3.05, 3.63) is 66.9 Å². The molecule has 0 aliphatic rings. The Hall–Kier alpha value is -3.08. The van der Waals surface area contributed by atoms with Gasteiger partial charge in [0.15, 0.2) is 0 Å². The highest BCUT2D eigenvalue weighted by Crippen LogP contribution is 2.23. The first-order chi connectivity index (χ1) is 11.3. The van der Waals surface area contributed by atoms with E-state index in [0.717, 1.165) is 22.9 Å². The molecule has 5 nitrogen and oxygen atoms in total. The molecular formula is C18H18N4O. The van der Waals surface area contributed by atoms with Crippen LogP contribution >= 0.6 is 0 Å². The van der Waals surface area contributed by atoms with Gasteiger partial charge in [-0.2, -0.15) is 4.98 Å². The van der Waals surface area contributed by atoms with E-state index in [1.54, 1.807) is 13.3 Å². The molecule has 2 aromatic carbocycles. The first-order valence-corrected chi connectivity index (χ1v) is 7.29. The molecule has 23 heavy (non-hydrogen) atoms. The molecule has 0 unspecified atom stereocenters. The van der Waals surface area contributed by atoms with Gasteiger partial charge in [0.1, 0.15) is 11.6 Å². The molecule has 3 aromatic rings. The number of nitrogens with one attached hydrogen (secondary N) is 1. The summed E-state index contributed by atoms with van der Waals surface area (Å²) in [4.78, 5) is 10.9. The lowest BCUT2D eigenvalue weighted by molar-refractivity contribution is 0.415. The Kier molecular flexibility index (Phi) is 4.38. The third kappa shape index (κ3) is 3.58. The van der Waals surface area contributed by atoms with Crippen molar-refractivity contribution in [1.29, 1.82) is 0 Å². The number of hydrogen-bond acceptors (Lipinski definition) is 5. The Bertz CT molecular complexity index is 777. The summed E-state index contributed by atoms with van der Waals surface area (Å²) in [5.41, 5.74) is 1.95. The molecule has 5 heteroatoms. The molecule has 0 saturated heterocycles. The molecule has 0 radical (unpaired) electrons. The number of para-hydroxylation sites is 1. The Balaban J connectivity index is 1.82. The minimum absolute atomic E-state index is 0.540. The van der Waals surface area contributed by atoms with Crippen LogP contribution in [0, 0.1) is 0 Å². The van der Waals surface area contributed by atoms with Gasteiger partial charge in [-0.05, 0) is 30.3 Å². The van der Waals surface area contributed by atoms with Gasteiger partial charge in [0.05, 0.1) is 7.11 Å². The van der Waals surface area contributed by atoms with E-state index in [1.165, 1.54) is 0 Å². The Morgan fingerprint density at radius 2 is 1.83 bits per heavy atom. The average molecular weight is 306 g/mol. The Morgan fingerprint density at radius 3 is 2.61 bits per heavy atom. The summed E-state index contributed by atoms with van der Waals surface area (Å²) in [7, 11) is 3.62. The molecular weight excluding hydrogens is 288 g/mol. The fourth-order valence-electron chi connectivity index (χ4n) is 2.21. The van der Waals surface area contributed by atoms with Gasteiger partial charge in [-0.15, -0.1) is 0 Å². The van der Waals surface area contributed by atoms with Crippen molar-refractivity contribution in [1.82, 2.24) is 9.97 Å². The lowest BCUT2D eigenvalue weighted by Crippen LogP contribution is -2.12. The zero-order chi connectivity index (χ0) is 16.1. The van der Waals surface area contributed by atoms with E-state index in [1.807, 2.05) is 72.6 Å². The molecule has 0 amide bonds. The molecule has 1 aromatic heterocycles. The zero-order valence-electron chi connectivity index (χ0n) is 13.1. The van der Waals surface area contributed by atoms with Crippen LogP contribution in [0.3, 0.4) is 0 Å². The van der Waals surface area contributed by atoms with Crippen molar-refractivity contribution in [3.63, 3.8) is 0 Å². The number of anilines is 4. The summed E-state index contributed by atoms with van der Waals surface area (Å²) in [5, 5.41) is 3.20. The third-order valence-corrected chi connectivity index (χ3v) is 3.45. The van der Waals surface area contributed by atoms with Crippen molar-refractivity contribution in [2.24, 2.45) is 0 Å². The molecule has 1 heterocycles. The predicted octanol–water partition coefficient (Wildman–Crippen LogP) is 4.00. The maximum Gasteiger partial charge on any atom is 0.229 e. The summed E-state index contributed by atoms with van der Waals surface area (Å²) in [6.07, 6.45) is 1.74. The van der Waals surface area contributed by atoms with Crippen LogP contribution in [0.5, 0.6) is 5.75 Å². The second-order valence-electron chi connectivity index (χ2n) is 4.99. The van der Waals surface area contributed by atoms with Crippen LogP contribution in [0.4, 0.5) is 23.1 Å². The van der Waals surface area contributed by atoms with Gasteiger partial charge >= 0.3 is 0 Å². The Morgan fingerprint density at radius 1 is 1.00 bits per heavy atom. The SMILES string of the molecule is COc1cccc(Nc2nccc(N(C)c3ccccc3)n2)c1. The minimum atomic E-state index is 0.540. The van der Waals surface area contributed by atoms with Crippen LogP contribution in [0.25, 0.3) is 0 Å². The normalized spacial score (nSPS) is 10.2. The second kappa shape index (κ2) is 6.79. The first kappa shape index (κ1) is 14.8. The van der Waals surface area contributed by atoms with E-state index in [0.29, 0.717) is 5.95 Å². The second-order valence-corrected chi connectivity index (χ2v) is 4.99. The van der Waals surface area contributed by atoms with Gasteiger partial charge in [0.2, 0.25) is 5.95 Å². The summed E-state index contributed by atoms with van der Waals surface area (Å²) in [5.74, 6) is 2.14. The fourth-order valence-corrected chi connectivity index (χ4v) is 2.21. The number of hydrogen-bond donors (Lipinski definition) is 1. The third-order valence-electron chi connectivity index (χ3n) is 3.45. The van der Waals surface area contributed by atoms with Gasteiger partial charge < -0.3 is 15.0 Å². The highest BCUT2D eigenvalue weighted by Gasteiger charge is 2.07. The molecule has 0 spiro atoms. The Labute approximate surface area is 135 Å². The van der Waals surface area contributed by atoms with Gasteiger partial charge in [-0.1, -0.05) is 24.3 Å². The van der Waals surface area contributed by atoms with Crippen LogP contribution < -0.4 is 15.0 Å². The van der Waals surface area contributed by atoms with E-state index in [4.69, 9.17) is 4.74 Å². The van der Waals surface area contributed by atoms with Gasteiger partial charge in [0.25, 0.3) is 0 Å². The largest absolute Gasteiger partial charge is 0.497 e. The van der Waals surface area contributed by atoms with E-state index in [2.05, 4.69) is 15.3 Å². The van der Waals surface area contributed by atoms with Gasteiger partial charge in [-0.25, -0.2) is 4.98 Å². The van der Waals surface area contributed by atoms with Crippen molar-refractivity contribution in [2.75, 3.05) is 24.4 Å². The van der Waals surface area contributed by atoms with Gasteiger partial charge in [-0.3, -0.25) is 0 Å². The molecule has 3 rings (SSSR count). The van der Waals surface area contributed by atoms with E-state index >= 15 is 0 Å². The monoisotopic (exact) mass is 306 g/mol. The van der Waals surface area contributed by atoms with Gasteiger partial charge in [0, 0.05) is 30.7 Å². The van der Waals surface area contributed by atoms with Crippen LogP contribution in [0.15, 0.2) is 66.9 Å². The molecule has 0 aliphatic carbocycles. The molecule has 1 N–H and O–H groups in total. The molecule has 116 valence electrons. The summed E-state index contributed by atoms with van der Waals surface area (Å²) >= 11 is 0. The number of benzene rings is 2. The lowest BCUT2D eigenvalue weighted by Gasteiger charge is -2.18. The lowest BCUT2D eigenvalue weighted by atomic mass is 10.3. The quantitative estimate of drug-likeness (QED) is 0.772. The summed E-state index contributed by atoms with van der Waals surface area (Å²) in [6, 6.07) is 19.6. The number of aromatic nitrogens is 2. The van der Waals surface area contributed by atoms with Crippen LogP contribution in [-0.2, 0) is 0 Å². The van der Waals surface area contributed by atoms with Crippen LogP contribution in [0.2, 0.25) is 0 Å². The van der Waals surface area contributed by atoms with E-state index < -0.39 is 0 Å². The van der Waals surface area contributed by atoms with Crippen molar-refractivity contribution >= 4 is 23.1 Å². The fraction of sp³-hybridized carbons (Fsp3) is 0.111. The number of methoxy groups -OCH3 is 1. The minimum Gasteiger partial charge on any atom is -0.497 e. The summed E-state index contributed by atoms with van der Waals surface area (Å²) in [6.45, 7) is 0. The first-order valence-electron chi connectivity index (χ1n) is 7.29. The molecule has 0 aliphatic heterocycles. The standard InChI is InChI=1S/C18H18N4O/c1-22(15-8-4-3-5-9-15)17-11-12-19-18(21-17)20-14-7-6-10-16(13-14)23-2/h3-13H,1-2H3,(H,19,20,21). The van der Waals surface area contributed by atoms with Crippen molar-refractivity contribution in [2.45, 2.75) is 0 Å². The maximum atomic E-state index is 5.22. The smallest absolute Gasteiger partial charge is 0.229 e. The number of nitrogens with zero attached hydrogens (tertiary/aromatic N) is 3. The number of rotatable bonds is 5. The van der Waals surface area contributed by atoms with E-state index in [-0.39, 0.29) is 0 Å². The predicted molar refractivity (Wildman–Crippen MR) is 92.8 cm³/mol. The average Bonchev–Trinajstić information content (AvgIpc) is 2.62. The summed E-state index contributed by atoms with van der Waals surface area (Å²) < 4.78 is 5.22. The topological polar surface area (TPSA) is 50.3 Å². The number of ether oxygens (including phenoxy) is 1. The molecule has 0 saturated carbocycles. The molecule has 0 atom stereocenters. The van der Waals surface area contributed by atoms with Crippen LogP contribution in [0.1, 0.15) is 0 Å².